The molecule has 7 aromatic carbocycles. The molecule has 0 fully saturated rings. The van der Waals surface area contributed by atoms with Crippen LogP contribution in [0.4, 0.5) is 0 Å². The Morgan fingerprint density at radius 1 is 0.421 bits per heavy atom. The van der Waals surface area contributed by atoms with Gasteiger partial charge in [0.1, 0.15) is 0 Å². The van der Waals surface area contributed by atoms with Gasteiger partial charge in [-0.25, -0.2) is 4.98 Å². The predicted octanol–water partition coefficient (Wildman–Crippen LogP) is 13.5. The predicted molar refractivity (Wildman–Crippen MR) is 239 cm³/mol. The van der Waals surface area contributed by atoms with E-state index in [0.29, 0.717) is 17.6 Å². The minimum Gasteiger partial charge on any atom is -0.309 e. The molecule has 11 aromatic rings. The fourth-order valence-electron chi connectivity index (χ4n) is 8.74. The third kappa shape index (κ3) is 5.11. The molecule has 0 N–H and O–H groups in total. The molecule has 12 rings (SSSR count). The van der Waals surface area contributed by atoms with E-state index in [1.165, 1.54) is 53.2 Å². The van der Waals surface area contributed by atoms with E-state index in [2.05, 4.69) is 167 Å². The second-order valence-corrected chi connectivity index (χ2v) is 15.8. The summed E-state index contributed by atoms with van der Waals surface area (Å²) in [5.41, 5.74) is 10.0. The fourth-order valence-corrected chi connectivity index (χ4v) is 9.83. The van der Waals surface area contributed by atoms with Gasteiger partial charge in [-0.3, -0.25) is 4.57 Å². The average Bonchev–Trinajstić information content (AvgIpc) is 3.94. The van der Waals surface area contributed by atoms with E-state index < -0.39 is 0 Å². The molecule has 0 saturated carbocycles. The summed E-state index contributed by atoms with van der Waals surface area (Å²) in [5.74, 6) is 1.96. The molecule has 0 amide bonds. The van der Waals surface area contributed by atoms with Crippen LogP contribution < -0.4 is 0 Å². The Labute approximate surface area is 332 Å². The SMILES string of the molecule is C1=CC(c2nc(-c3ccccc3)nc(-n3c4ccccc4c4cc(-c5ccc6c(c5)c5ccccc5n6-c5ccc6sc7ccccc7c6c5)ccc43)n2)=CCC1. The Bertz CT molecular complexity index is 3470. The lowest BCUT2D eigenvalue weighted by atomic mass is 10.0. The number of hydrogen-bond donors (Lipinski definition) is 0. The van der Waals surface area contributed by atoms with E-state index >= 15 is 0 Å². The van der Waals surface area contributed by atoms with Crippen molar-refractivity contribution >= 4 is 80.7 Å². The molecule has 4 heterocycles. The van der Waals surface area contributed by atoms with Crippen LogP contribution in [0, 0.1) is 0 Å². The second-order valence-electron chi connectivity index (χ2n) is 14.7. The van der Waals surface area contributed by atoms with E-state index in [9.17, 15) is 0 Å². The zero-order valence-electron chi connectivity index (χ0n) is 30.8. The number of para-hydroxylation sites is 2. The Hall–Kier alpha value is -7.15. The molecule has 1 aliphatic carbocycles. The zero-order valence-corrected chi connectivity index (χ0v) is 31.6. The smallest absolute Gasteiger partial charge is 0.238 e. The number of rotatable bonds is 5. The molecule has 4 aromatic heterocycles. The number of fused-ring (bicyclic) bond motifs is 9. The summed E-state index contributed by atoms with van der Waals surface area (Å²) in [5, 5.41) is 7.40. The molecular weight excluding hydrogens is 715 g/mol. The van der Waals surface area contributed by atoms with E-state index in [0.717, 1.165) is 51.3 Å². The topological polar surface area (TPSA) is 48.5 Å². The molecule has 0 unspecified atom stereocenters. The second kappa shape index (κ2) is 12.7. The Kier molecular flexibility index (Phi) is 7.16. The van der Waals surface area contributed by atoms with Crippen molar-refractivity contribution in [2.45, 2.75) is 12.8 Å². The van der Waals surface area contributed by atoms with Crippen molar-refractivity contribution in [3.05, 3.63) is 182 Å². The van der Waals surface area contributed by atoms with Gasteiger partial charge in [-0.05, 0) is 84.6 Å². The van der Waals surface area contributed by atoms with E-state index in [1.54, 1.807) is 0 Å². The fraction of sp³-hybridized carbons (Fsp3) is 0.0392. The summed E-state index contributed by atoms with van der Waals surface area (Å²) in [6.07, 6.45) is 8.56. The molecule has 0 radical (unpaired) electrons. The molecule has 5 nitrogen and oxygen atoms in total. The maximum atomic E-state index is 5.14. The van der Waals surface area contributed by atoms with Crippen molar-refractivity contribution in [2.75, 3.05) is 0 Å². The molecule has 268 valence electrons. The maximum Gasteiger partial charge on any atom is 0.238 e. The third-order valence-electron chi connectivity index (χ3n) is 11.4. The van der Waals surface area contributed by atoms with Crippen LogP contribution in [0.3, 0.4) is 0 Å². The quantitative estimate of drug-likeness (QED) is 0.176. The van der Waals surface area contributed by atoms with E-state index in [-0.39, 0.29) is 0 Å². The third-order valence-corrected chi connectivity index (χ3v) is 12.6. The minimum absolute atomic E-state index is 0.612. The first kappa shape index (κ1) is 32.1. The maximum absolute atomic E-state index is 5.14. The van der Waals surface area contributed by atoms with Crippen molar-refractivity contribution in [2.24, 2.45) is 0 Å². The molecular formula is C51H33N5S. The Morgan fingerprint density at radius 2 is 1.04 bits per heavy atom. The molecule has 0 atom stereocenters. The first-order valence-electron chi connectivity index (χ1n) is 19.4. The summed E-state index contributed by atoms with van der Waals surface area (Å²) < 4.78 is 7.25. The molecule has 6 heteroatoms. The van der Waals surface area contributed by atoms with Crippen molar-refractivity contribution < 1.29 is 0 Å². The number of hydrogen-bond acceptors (Lipinski definition) is 4. The lowest BCUT2D eigenvalue weighted by Crippen LogP contribution is -2.08. The summed E-state index contributed by atoms with van der Waals surface area (Å²) in [4.78, 5) is 15.3. The number of benzene rings is 7. The summed E-state index contributed by atoms with van der Waals surface area (Å²) in [7, 11) is 0. The van der Waals surface area contributed by atoms with Gasteiger partial charge in [0, 0.05) is 58.5 Å². The van der Waals surface area contributed by atoms with Gasteiger partial charge in [0.25, 0.3) is 0 Å². The largest absolute Gasteiger partial charge is 0.309 e. The van der Waals surface area contributed by atoms with Crippen molar-refractivity contribution in [3.8, 4) is 34.2 Å². The number of nitrogens with zero attached hydrogens (tertiary/aromatic N) is 5. The normalized spacial score (nSPS) is 13.2. The highest BCUT2D eigenvalue weighted by Crippen LogP contribution is 2.40. The molecule has 0 spiro atoms. The first-order chi connectivity index (χ1) is 28.2. The molecule has 0 bridgehead atoms. The van der Waals surface area contributed by atoms with E-state index in [1.807, 2.05) is 29.5 Å². The highest BCUT2D eigenvalue weighted by Gasteiger charge is 2.20. The monoisotopic (exact) mass is 747 g/mol. The van der Waals surface area contributed by atoms with Crippen LogP contribution in [0.25, 0.3) is 104 Å². The highest BCUT2D eigenvalue weighted by atomic mass is 32.1. The standard InChI is InChI=1S/C51H33N5S/c1-3-13-32(14-4-1)49-52-50(33-15-5-2-6-16-33)54-51(53-49)56-44-21-11-8-18-38(44)41-30-35(24-27-46(41)56)34-23-26-45-40(29-34)37-17-7-10-20-43(37)55(45)36-25-28-48-42(31-36)39-19-9-12-22-47(39)57-48/h1,3-5,7-31H,2,6H2. The number of allylic oxidation sites excluding steroid dienone is 4. The first-order valence-corrected chi connectivity index (χ1v) is 20.2. The Balaban J connectivity index is 1.02. The van der Waals surface area contributed by atoms with Crippen molar-refractivity contribution in [3.63, 3.8) is 0 Å². The van der Waals surface area contributed by atoms with Gasteiger partial charge in [-0.2, -0.15) is 9.97 Å². The molecule has 0 saturated heterocycles. The summed E-state index contributed by atoms with van der Waals surface area (Å²) in [6, 6.07) is 56.9. The zero-order chi connectivity index (χ0) is 37.5. The van der Waals surface area contributed by atoms with Gasteiger partial charge in [0.15, 0.2) is 11.6 Å². The average molecular weight is 748 g/mol. The van der Waals surface area contributed by atoms with Crippen molar-refractivity contribution in [1.82, 2.24) is 24.1 Å². The van der Waals surface area contributed by atoms with Gasteiger partial charge >= 0.3 is 0 Å². The lowest BCUT2D eigenvalue weighted by Gasteiger charge is -2.12. The van der Waals surface area contributed by atoms with Crippen LogP contribution in [-0.4, -0.2) is 24.1 Å². The molecule has 1 aliphatic rings. The summed E-state index contributed by atoms with van der Waals surface area (Å²) >= 11 is 1.86. The Morgan fingerprint density at radius 3 is 1.77 bits per heavy atom. The minimum atomic E-state index is 0.612. The van der Waals surface area contributed by atoms with Gasteiger partial charge < -0.3 is 4.57 Å². The number of aromatic nitrogens is 5. The van der Waals surface area contributed by atoms with E-state index in [4.69, 9.17) is 15.0 Å². The van der Waals surface area contributed by atoms with Crippen molar-refractivity contribution in [1.29, 1.82) is 0 Å². The van der Waals surface area contributed by atoms with Crippen LogP contribution in [0.15, 0.2) is 176 Å². The molecule has 57 heavy (non-hydrogen) atoms. The van der Waals surface area contributed by atoms with Gasteiger partial charge in [0.05, 0.1) is 22.1 Å². The van der Waals surface area contributed by atoms with Crippen LogP contribution in [0.2, 0.25) is 0 Å². The van der Waals surface area contributed by atoms with Crippen LogP contribution >= 0.6 is 11.3 Å². The number of thiophene rings is 1. The molecule has 0 aliphatic heterocycles. The lowest BCUT2D eigenvalue weighted by molar-refractivity contribution is 0.927. The van der Waals surface area contributed by atoms with Gasteiger partial charge in [-0.15, -0.1) is 11.3 Å². The summed E-state index contributed by atoms with van der Waals surface area (Å²) in [6.45, 7) is 0. The highest BCUT2D eigenvalue weighted by molar-refractivity contribution is 7.25. The van der Waals surface area contributed by atoms with Crippen LogP contribution in [-0.2, 0) is 0 Å². The van der Waals surface area contributed by atoms with Gasteiger partial charge in [-0.1, -0.05) is 115 Å². The van der Waals surface area contributed by atoms with Crippen LogP contribution in [0.1, 0.15) is 18.7 Å². The van der Waals surface area contributed by atoms with Crippen LogP contribution in [0.5, 0.6) is 0 Å². The van der Waals surface area contributed by atoms with Gasteiger partial charge in [0.2, 0.25) is 5.95 Å².